The van der Waals surface area contributed by atoms with Crippen LogP contribution in [0.5, 0.6) is 0 Å². The van der Waals surface area contributed by atoms with Crippen LogP contribution in [0.1, 0.15) is 29.6 Å². The zero-order chi connectivity index (χ0) is 18.3. The van der Waals surface area contributed by atoms with Crippen LogP contribution in [0.25, 0.3) is 0 Å². The lowest BCUT2D eigenvalue weighted by Crippen LogP contribution is -2.32. The third-order valence-electron chi connectivity index (χ3n) is 4.77. The Morgan fingerprint density at radius 1 is 0.885 bits per heavy atom. The molecule has 1 aliphatic carbocycles. The summed E-state index contributed by atoms with van der Waals surface area (Å²) in [6.45, 7) is 0.899. The van der Waals surface area contributed by atoms with Gasteiger partial charge < -0.3 is 9.80 Å². The maximum Gasteiger partial charge on any atom is 0.258 e. The lowest BCUT2D eigenvalue weighted by molar-refractivity contribution is -0.119. The zero-order valence-corrected chi connectivity index (χ0v) is 14.1. The highest BCUT2D eigenvalue weighted by Crippen LogP contribution is 2.38. The van der Waals surface area contributed by atoms with Crippen LogP contribution >= 0.6 is 0 Å². The summed E-state index contributed by atoms with van der Waals surface area (Å²) in [6, 6.07) is 9.99. The summed E-state index contributed by atoms with van der Waals surface area (Å²) >= 11 is 0. The van der Waals surface area contributed by atoms with E-state index in [1.54, 1.807) is 17.0 Å². The molecule has 0 atom stereocenters. The Hall–Kier alpha value is -2.76. The highest BCUT2D eigenvalue weighted by Gasteiger charge is 2.36. The van der Waals surface area contributed by atoms with Crippen molar-refractivity contribution in [1.29, 1.82) is 0 Å². The van der Waals surface area contributed by atoms with Gasteiger partial charge in [0.15, 0.2) is 0 Å². The van der Waals surface area contributed by atoms with Crippen LogP contribution in [-0.4, -0.2) is 24.9 Å². The van der Waals surface area contributed by atoms with E-state index in [2.05, 4.69) is 0 Å². The van der Waals surface area contributed by atoms with Crippen molar-refractivity contribution in [1.82, 2.24) is 0 Å². The Morgan fingerprint density at radius 2 is 1.46 bits per heavy atom. The van der Waals surface area contributed by atoms with Crippen molar-refractivity contribution in [2.75, 3.05) is 22.9 Å². The molecule has 26 heavy (non-hydrogen) atoms. The fourth-order valence-corrected chi connectivity index (χ4v) is 3.37. The molecule has 0 radical (unpaired) electrons. The number of carbonyl (C=O) groups is 2. The van der Waals surface area contributed by atoms with E-state index < -0.39 is 17.5 Å². The average Bonchev–Trinajstić information content (AvgIpc) is 3.46. The summed E-state index contributed by atoms with van der Waals surface area (Å²) in [5.41, 5.74) is 1.22. The van der Waals surface area contributed by atoms with Gasteiger partial charge >= 0.3 is 0 Å². The maximum atomic E-state index is 13.5. The highest BCUT2D eigenvalue weighted by atomic mass is 19.1. The Balaban J connectivity index is 1.72. The number of anilines is 2. The van der Waals surface area contributed by atoms with Gasteiger partial charge in [0.2, 0.25) is 5.91 Å². The van der Waals surface area contributed by atoms with E-state index in [9.17, 15) is 18.4 Å². The Kier molecular flexibility index (Phi) is 4.18. The summed E-state index contributed by atoms with van der Waals surface area (Å²) < 4.78 is 27.1. The highest BCUT2D eigenvalue weighted by molar-refractivity contribution is 6.10. The van der Waals surface area contributed by atoms with Crippen molar-refractivity contribution in [2.45, 2.75) is 19.3 Å². The zero-order valence-electron chi connectivity index (χ0n) is 14.1. The van der Waals surface area contributed by atoms with Crippen molar-refractivity contribution >= 4 is 23.2 Å². The Bertz CT molecular complexity index is 860. The lowest BCUT2D eigenvalue weighted by atomic mass is 10.1. The van der Waals surface area contributed by atoms with Gasteiger partial charge in [-0.05, 0) is 43.5 Å². The summed E-state index contributed by atoms with van der Waals surface area (Å²) in [6.07, 6.45) is 2.40. The first kappa shape index (κ1) is 16.7. The molecule has 1 fully saturated rings. The number of benzene rings is 2. The number of para-hydroxylation sites is 2. The number of halogens is 2. The molecule has 2 aromatic carbocycles. The Labute approximate surface area is 150 Å². The molecule has 0 unspecified atom stereocenters. The van der Waals surface area contributed by atoms with Crippen LogP contribution in [0.4, 0.5) is 20.2 Å². The molecule has 0 spiro atoms. The second-order valence-electron chi connectivity index (χ2n) is 6.72. The van der Waals surface area contributed by atoms with Gasteiger partial charge in [-0.1, -0.05) is 12.1 Å². The number of fused-ring (bicyclic) bond motifs is 1. The number of amides is 2. The van der Waals surface area contributed by atoms with E-state index >= 15 is 0 Å². The molecule has 1 aliphatic heterocycles. The quantitative estimate of drug-likeness (QED) is 0.822. The number of carbonyl (C=O) groups excluding carboxylic acids is 2. The molecular weight excluding hydrogens is 338 g/mol. The number of hydrogen-bond donors (Lipinski definition) is 0. The average molecular weight is 356 g/mol. The van der Waals surface area contributed by atoms with Gasteiger partial charge in [0.1, 0.15) is 11.6 Å². The third-order valence-corrected chi connectivity index (χ3v) is 4.77. The van der Waals surface area contributed by atoms with Crippen molar-refractivity contribution in [3.63, 3.8) is 0 Å². The van der Waals surface area contributed by atoms with E-state index in [1.807, 2.05) is 12.1 Å². The van der Waals surface area contributed by atoms with Gasteiger partial charge in [0.25, 0.3) is 5.91 Å². The van der Waals surface area contributed by atoms with Crippen LogP contribution in [0.3, 0.4) is 0 Å². The van der Waals surface area contributed by atoms with E-state index in [0.29, 0.717) is 30.9 Å². The molecule has 2 aromatic rings. The van der Waals surface area contributed by atoms with Crippen molar-refractivity contribution in [2.24, 2.45) is 5.92 Å². The minimum Gasteiger partial charge on any atom is -0.310 e. The molecule has 2 amide bonds. The van der Waals surface area contributed by atoms with Gasteiger partial charge in [-0.2, -0.15) is 0 Å². The molecule has 1 heterocycles. The largest absolute Gasteiger partial charge is 0.310 e. The first-order valence-corrected chi connectivity index (χ1v) is 8.73. The van der Waals surface area contributed by atoms with Gasteiger partial charge in [-0.3, -0.25) is 9.59 Å². The summed E-state index contributed by atoms with van der Waals surface area (Å²) in [7, 11) is 0. The third kappa shape index (κ3) is 3.07. The fraction of sp³-hybridized carbons (Fsp3) is 0.300. The van der Waals surface area contributed by atoms with Crippen molar-refractivity contribution in [3.05, 3.63) is 59.7 Å². The standard InChI is InChI=1S/C20H18F2N2O2/c21-15-10-14(11-16(22)12-15)20(26)24-9-3-8-23(19(25)13-6-7-13)17-4-1-2-5-18(17)24/h1-2,4-5,10-13H,3,6-9H2. The summed E-state index contributed by atoms with van der Waals surface area (Å²) in [4.78, 5) is 28.8. The topological polar surface area (TPSA) is 40.6 Å². The fourth-order valence-electron chi connectivity index (χ4n) is 3.37. The molecule has 0 saturated heterocycles. The molecule has 0 aromatic heterocycles. The van der Waals surface area contributed by atoms with E-state index in [0.717, 1.165) is 31.0 Å². The van der Waals surface area contributed by atoms with Crippen molar-refractivity contribution in [3.8, 4) is 0 Å². The minimum absolute atomic E-state index is 0.0423. The van der Waals surface area contributed by atoms with Crippen LogP contribution in [0.15, 0.2) is 42.5 Å². The lowest BCUT2D eigenvalue weighted by Gasteiger charge is -2.25. The smallest absolute Gasteiger partial charge is 0.258 e. The minimum atomic E-state index is -0.790. The predicted molar refractivity (Wildman–Crippen MR) is 94.2 cm³/mol. The first-order chi connectivity index (χ1) is 12.5. The molecule has 4 nitrogen and oxygen atoms in total. The van der Waals surface area contributed by atoms with E-state index in [4.69, 9.17) is 0 Å². The van der Waals surface area contributed by atoms with Crippen molar-refractivity contribution < 1.29 is 18.4 Å². The molecular formula is C20H18F2N2O2. The SMILES string of the molecule is O=C(c1cc(F)cc(F)c1)N1CCCN(C(=O)C2CC2)c2ccccc21. The van der Waals surface area contributed by atoms with Gasteiger partial charge in [0.05, 0.1) is 11.4 Å². The molecule has 2 aliphatic rings. The second kappa shape index (κ2) is 6.52. The van der Waals surface area contributed by atoms with Crippen LogP contribution < -0.4 is 9.80 Å². The van der Waals surface area contributed by atoms with E-state index in [1.165, 1.54) is 4.90 Å². The molecule has 134 valence electrons. The first-order valence-electron chi connectivity index (χ1n) is 8.73. The van der Waals surface area contributed by atoms with Crippen LogP contribution in [0, 0.1) is 17.6 Å². The number of rotatable bonds is 2. The molecule has 6 heteroatoms. The second-order valence-corrected chi connectivity index (χ2v) is 6.72. The Morgan fingerprint density at radius 3 is 2.08 bits per heavy atom. The van der Waals surface area contributed by atoms with Gasteiger partial charge in [-0.15, -0.1) is 0 Å². The van der Waals surface area contributed by atoms with Gasteiger partial charge in [-0.25, -0.2) is 8.78 Å². The normalized spacial score (nSPS) is 16.8. The monoisotopic (exact) mass is 356 g/mol. The summed E-state index contributed by atoms with van der Waals surface area (Å²) in [5, 5.41) is 0. The molecule has 4 rings (SSSR count). The van der Waals surface area contributed by atoms with Crippen LogP contribution in [-0.2, 0) is 4.79 Å². The summed E-state index contributed by atoms with van der Waals surface area (Å²) in [5.74, 6) is -1.90. The maximum absolute atomic E-state index is 13.5. The molecule has 0 N–H and O–H groups in total. The van der Waals surface area contributed by atoms with Gasteiger partial charge in [0, 0.05) is 30.6 Å². The predicted octanol–water partition coefficient (Wildman–Crippen LogP) is 3.76. The van der Waals surface area contributed by atoms with Crippen LogP contribution in [0.2, 0.25) is 0 Å². The molecule has 1 saturated carbocycles. The number of hydrogen-bond acceptors (Lipinski definition) is 2. The molecule has 0 bridgehead atoms. The number of nitrogens with zero attached hydrogens (tertiary/aromatic N) is 2. The van der Waals surface area contributed by atoms with E-state index in [-0.39, 0.29) is 17.4 Å².